The molecule has 2 rings (SSSR count). The highest BCUT2D eigenvalue weighted by atomic mass is 16.5. The molecule has 0 bridgehead atoms. The lowest BCUT2D eigenvalue weighted by Crippen LogP contribution is -2.38. The van der Waals surface area contributed by atoms with Gasteiger partial charge in [0.2, 0.25) is 0 Å². The predicted molar refractivity (Wildman–Crippen MR) is 70.4 cm³/mol. The Hall–Kier alpha value is -1.37. The van der Waals surface area contributed by atoms with Gasteiger partial charge in [0.25, 0.3) is 0 Å². The van der Waals surface area contributed by atoms with E-state index in [0.717, 1.165) is 43.8 Å². The van der Waals surface area contributed by atoms with Crippen LogP contribution in [-0.2, 0) is 11.3 Å². The van der Waals surface area contributed by atoms with Crippen molar-refractivity contribution in [1.29, 1.82) is 0 Å². The van der Waals surface area contributed by atoms with Gasteiger partial charge in [0.15, 0.2) is 5.76 Å². The number of hydrogen-bond acceptors (Lipinski definition) is 5. The zero-order valence-corrected chi connectivity index (χ0v) is 11.4. The third-order valence-electron chi connectivity index (χ3n) is 3.57. The van der Waals surface area contributed by atoms with Crippen molar-refractivity contribution >= 4 is 5.91 Å². The molecular formula is C13H21N3O3. The molecule has 0 aliphatic carbocycles. The van der Waals surface area contributed by atoms with Crippen molar-refractivity contribution in [2.24, 2.45) is 5.84 Å². The number of nitrogens with one attached hydrogen (secondary N) is 1. The van der Waals surface area contributed by atoms with E-state index in [2.05, 4.69) is 10.3 Å². The van der Waals surface area contributed by atoms with Gasteiger partial charge < -0.3 is 9.15 Å². The summed E-state index contributed by atoms with van der Waals surface area (Å²) in [7, 11) is 1.75. The average molecular weight is 267 g/mol. The number of piperidine rings is 1. The van der Waals surface area contributed by atoms with Crippen LogP contribution >= 0.6 is 0 Å². The maximum atomic E-state index is 11.4. The number of hydrazine groups is 1. The van der Waals surface area contributed by atoms with E-state index in [9.17, 15) is 4.79 Å². The Balaban J connectivity index is 2.02. The third-order valence-corrected chi connectivity index (χ3v) is 3.57. The average Bonchev–Trinajstić information content (AvgIpc) is 2.79. The van der Waals surface area contributed by atoms with Gasteiger partial charge in [0.1, 0.15) is 5.76 Å². The summed E-state index contributed by atoms with van der Waals surface area (Å²) in [6.45, 7) is 4.59. The number of carbonyl (C=O) groups is 1. The number of methoxy groups -OCH3 is 1. The van der Waals surface area contributed by atoms with Crippen molar-refractivity contribution in [2.45, 2.75) is 32.4 Å². The second kappa shape index (κ2) is 6.18. The van der Waals surface area contributed by atoms with Crippen LogP contribution in [0.1, 0.15) is 34.7 Å². The number of nitrogen functional groups attached to an aromatic ring is 1. The van der Waals surface area contributed by atoms with Crippen LogP contribution in [0.3, 0.4) is 0 Å². The van der Waals surface area contributed by atoms with Crippen molar-refractivity contribution in [3.05, 3.63) is 23.2 Å². The van der Waals surface area contributed by atoms with Crippen molar-refractivity contribution < 1.29 is 13.9 Å². The number of hydrogen-bond donors (Lipinski definition) is 2. The second-order valence-corrected chi connectivity index (χ2v) is 4.90. The van der Waals surface area contributed by atoms with Gasteiger partial charge in [0.05, 0.1) is 6.10 Å². The van der Waals surface area contributed by atoms with E-state index in [0.29, 0.717) is 6.10 Å². The summed E-state index contributed by atoms with van der Waals surface area (Å²) in [5, 5.41) is 0. The number of carbonyl (C=O) groups excluding carboxylic acids is 1. The van der Waals surface area contributed by atoms with Gasteiger partial charge in [-0.1, -0.05) is 0 Å². The Morgan fingerprint density at radius 3 is 3.16 bits per heavy atom. The van der Waals surface area contributed by atoms with E-state index in [1.54, 1.807) is 13.2 Å². The molecule has 0 saturated carbocycles. The summed E-state index contributed by atoms with van der Waals surface area (Å²) in [5.41, 5.74) is 3.10. The molecule has 1 saturated heterocycles. The number of likely N-dealkylation sites (tertiary alicyclic amines) is 1. The maximum Gasteiger partial charge on any atom is 0.300 e. The smallest absolute Gasteiger partial charge is 0.300 e. The summed E-state index contributed by atoms with van der Waals surface area (Å²) in [6.07, 6.45) is 2.54. The fraction of sp³-hybridized carbons (Fsp3) is 0.615. The topological polar surface area (TPSA) is 80.7 Å². The van der Waals surface area contributed by atoms with Crippen molar-refractivity contribution in [3.8, 4) is 0 Å². The van der Waals surface area contributed by atoms with Gasteiger partial charge in [0, 0.05) is 25.8 Å². The molecular weight excluding hydrogens is 246 g/mol. The molecule has 0 radical (unpaired) electrons. The molecule has 19 heavy (non-hydrogen) atoms. The van der Waals surface area contributed by atoms with E-state index in [1.807, 2.05) is 6.92 Å². The summed E-state index contributed by atoms with van der Waals surface area (Å²) >= 11 is 0. The van der Waals surface area contributed by atoms with Gasteiger partial charge in [-0.25, -0.2) is 5.84 Å². The summed E-state index contributed by atoms with van der Waals surface area (Å²) < 4.78 is 10.8. The van der Waals surface area contributed by atoms with Gasteiger partial charge >= 0.3 is 5.91 Å². The van der Waals surface area contributed by atoms with E-state index < -0.39 is 5.91 Å². The van der Waals surface area contributed by atoms with E-state index in [-0.39, 0.29) is 5.76 Å². The monoisotopic (exact) mass is 267 g/mol. The number of nitrogens with two attached hydrogens (primary N) is 1. The number of aryl methyl sites for hydroxylation is 1. The zero-order chi connectivity index (χ0) is 13.8. The van der Waals surface area contributed by atoms with Crippen molar-refractivity contribution in [3.63, 3.8) is 0 Å². The number of furan rings is 1. The first-order valence-electron chi connectivity index (χ1n) is 6.49. The number of nitrogens with zero attached hydrogens (tertiary/aromatic N) is 1. The zero-order valence-electron chi connectivity index (χ0n) is 11.4. The fourth-order valence-electron chi connectivity index (χ4n) is 2.45. The molecule has 1 fully saturated rings. The Labute approximate surface area is 112 Å². The third kappa shape index (κ3) is 3.34. The fourth-order valence-corrected chi connectivity index (χ4v) is 2.45. The molecule has 3 N–H and O–H groups in total. The maximum absolute atomic E-state index is 11.4. The van der Waals surface area contributed by atoms with Crippen LogP contribution in [0.4, 0.5) is 0 Å². The van der Waals surface area contributed by atoms with Crippen molar-refractivity contribution in [2.75, 3.05) is 20.2 Å². The largest absolute Gasteiger partial charge is 0.456 e. The summed E-state index contributed by atoms with van der Waals surface area (Å²) in [6, 6.07) is 1.76. The Morgan fingerprint density at radius 2 is 2.47 bits per heavy atom. The highest BCUT2D eigenvalue weighted by Gasteiger charge is 2.21. The molecule has 106 valence electrons. The lowest BCUT2D eigenvalue weighted by Gasteiger charge is -2.31. The normalized spacial score (nSPS) is 20.5. The van der Waals surface area contributed by atoms with E-state index in [1.165, 1.54) is 0 Å². The van der Waals surface area contributed by atoms with E-state index >= 15 is 0 Å². The minimum absolute atomic E-state index is 0.260. The quantitative estimate of drug-likeness (QED) is 0.479. The first-order chi connectivity index (χ1) is 9.13. The highest BCUT2D eigenvalue weighted by molar-refractivity contribution is 5.91. The van der Waals surface area contributed by atoms with Crippen LogP contribution in [0.15, 0.2) is 10.5 Å². The molecule has 6 heteroatoms. The predicted octanol–water partition coefficient (Wildman–Crippen LogP) is 0.802. The van der Waals surface area contributed by atoms with Crippen LogP contribution in [0, 0.1) is 6.92 Å². The molecule has 2 heterocycles. The van der Waals surface area contributed by atoms with Crippen molar-refractivity contribution in [1.82, 2.24) is 10.3 Å². The second-order valence-electron chi connectivity index (χ2n) is 4.90. The molecule has 6 nitrogen and oxygen atoms in total. The SMILES string of the molecule is COC1CCCN(Cc2cc(C(=O)NN)oc2C)C1. The molecule has 1 aromatic heterocycles. The molecule has 1 aliphatic rings. The molecule has 0 spiro atoms. The lowest BCUT2D eigenvalue weighted by molar-refractivity contribution is 0.0284. The Bertz CT molecular complexity index is 444. The Morgan fingerprint density at radius 1 is 1.68 bits per heavy atom. The minimum atomic E-state index is -0.400. The van der Waals surface area contributed by atoms with Crippen LogP contribution in [-0.4, -0.2) is 37.1 Å². The number of ether oxygens (including phenoxy) is 1. The van der Waals surface area contributed by atoms with Crippen LogP contribution < -0.4 is 11.3 Å². The van der Waals surface area contributed by atoms with Gasteiger partial charge in [-0.3, -0.25) is 15.1 Å². The van der Waals surface area contributed by atoms with Crippen LogP contribution in [0.2, 0.25) is 0 Å². The lowest BCUT2D eigenvalue weighted by atomic mass is 10.1. The van der Waals surface area contributed by atoms with Gasteiger partial charge in [-0.2, -0.15) is 0 Å². The molecule has 0 aromatic carbocycles. The molecule has 1 atom stereocenters. The Kier molecular flexibility index (Phi) is 4.57. The molecule has 1 aromatic rings. The number of amides is 1. The van der Waals surface area contributed by atoms with Crippen LogP contribution in [0.25, 0.3) is 0 Å². The van der Waals surface area contributed by atoms with E-state index in [4.69, 9.17) is 15.0 Å². The molecule has 1 amide bonds. The summed E-state index contributed by atoms with van der Waals surface area (Å²) in [4.78, 5) is 13.7. The van der Waals surface area contributed by atoms with Crippen LogP contribution in [0.5, 0.6) is 0 Å². The summed E-state index contributed by atoms with van der Waals surface area (Å²) in [5.74, 6) is 5.72. The number of rotatable bonds is 4. The minimum Gasteiger partial charge on any atom is -0.456 e. The standard InChI is InChI=1S/C13H21N3O3/c1-9-10(6-12(19-9)13(17)15-14)7-16-5-3-4-11(8-16)18-2/h6,11H,3-5,7-8,14H2,1-2H3,(H,15,17). The first kappa shape index (κ1) is 14.0. The molecule has 1 aliphatic heterocycles. The van der Waals surface area contributed by atoms with Gasteiger partial charge in [-0.15, -0.1) is 0 Å². The van der Waals surface area contributed by atoms with Gasteiger partial charge in [-0.05, 0) is 32.4 Å². The first-order valence-corrected chi connectivity index (χ1v) is 6.49. The molecule has 1 unspecified atom stereocenters. The highest BCUT2D eigenvalue weighted by Crippen LogP contribution is 2.20.